The fourth-order valence-electron chi connectivity index (χ4n) is 2.81. The molecule has 1 fully saturated rings. The monoisotopic (exact) mass is 324 g/mol. The molecule has 1 N–H and O–H groups in total. The summed E-state index contributed by atoms with van der Waals surface area (Å²) in [7, 11) is 2.15. The molecule has 0 spiro atoms. The van der Waals surface area contributed by atoms with Crippen LogP contribution < -0.4 is 10.1 Å². The Morgan fingerprint density at radius 3 is 3.00 bits per heavy atom. The van der Waals surface area contributed by atoms with Crippen molar-refractivity contribution in [2.24, 2.45) is 0 Å². The van der Waals surface area contributed by atoms with Gasteiger partial charge in [0.25, 0.3) is 0 Å². The van der Waals surface area contributed by atoms with Crippen LogP contribution in [-0.2, 0) is 4.79 Å². The lowest BCUT2D eigenvalue weighted by molar-refractivity contribution is -0.121. The summed E-state index contributed by atoms with van der Waals surface area (Å²) in [5.41, 5.74) is 0. The predicted octanol–water partition coefficient (Wildman–Crippen LogP) is 3.10. The van der Waals surface area contributed by atoms with Gasteiger partial charge in [0.2, 0.25) is 5.91 Å². The van der Waals surface area contributed by atoms with Gasteiger partial charge in [-0.2, -0.15) is 0 Å². The number of hydrogen-bond acceptors (Lipinski definition) is 3. The standard InChI is InChI=1S/C17H25ClN2O2/c1-20-12-5-4-6-14(20)9-10-17(21)19-11-13-22-16-8-3-2-7-15(16)18/h2-3,7-8,14H,4-6,9-13H2,1H3,(H,19,21)/t14-/m0/s1. The number of ether oxygens (including phenoxy) is 1. The Balaban J connectivity index is 1.59. The maximum atomic E-state index is 11.9. The summed E-state index contributed by atoms with van der Waals surface area (Å²) in [6.07, 6.45) is 5.29. The molecule has 1 aliphatic rings. The van der Waals surface area contributed by atoms with Gasteiger partial charge in [-0.25, -0.2) is 0 Å². The van der Waals surface area contributed by atoms with Crippen LogP contribution in [-0.4, -0.2) is 43.6 Å². The lowest BCUT2D eigenvalue weighted by atomic mass is 9.98. The number of nitrogens with zero attached hydrogens (tertiary/aromatic N) is 1. The zero-order valence-corrected chi connectivity index (χ0v) is 13.9. The highest BCUT2D eigenvalue weighted by Gasteiger charge is 2.19. The first kappa shape index (κ1) is 17.1. The van der Waals surface area contributed by atoms with Crippen LogP contribution in [0.1, 0.15) is 32.1 Å². The van der Waals surface area contributed by atoms with E-state index >= 15 is 0 Å². The number of likely N-dealkylation sites (tertiary alicyclic amines) is 1. The van der Waals surface area contributed by atoms with E-state index in [0.717, 1.165) is 13.0 Å². The molecular weight excluding hydrogens is 300 g/mol. The minimum Gasteiger partial charge on any atom is -0.490 e. The molecule has 0 bridgehead atoms. The van der Waals surface area contributed by atoms with Crippen molar-refractivity contribution in [3.05, 3.63) is 29.3 Å². The molecule has 1 heterocycles. The molecule has 0 radical (unpaired) electrons. The number of carbonyl (C=O) groups is 1. The zero-order chi connectivity index (χ0) is 15.8. The molecule has 0 aliphatic carbocycles. The Labute approximate surface area is 137 Å². The summed E-state index contributed by atoms with van der Waals surface area (Å²) in [4.78, 5) is 14.2. The summed E-state index contributed by atoms with van der Waals surface area (Å²) >= 11 is 6.00. The number of rotatable bonds is 7. The second kappa shape index (κ2) is 9.01. The molecule has 1 aromatic rings. The molecule has 4 nitrogen and oxygen atoms in total. The highest BCUT2D eigenvalue weighted by Crippen LogP contribution is 2.22. The molecule has 0 unspecified atom stereocenters. The minimum absolute atomic E-state index is 0.0988. The smallest absolute Gasteiger partial charge is 0.220 e. The van der Waals surface area contributed by atoms with Gasteiger partial charge in [-0.05, 0) is 45.0 Å². The van der Waals surface area contributed by atoms with Gasteiger partial charge in [0, 0.05) is 12.5 Å². The number of halogens is 1. The molecule has 2 rings (SSSR count). The molecule has 1 aromatic carbocycles. The molecule has 22 heavy (non-hydrogen) atoms. The normalized spacial score (nSPS) is 18.9. The fraction of sp³-hybridized carbons (Fsp3) is 0.588. The average molecular weight is 325 g/mol. The van der Waals surface area contributed by atoms with Gasteiger partial charge in [0.05, 0.1) is 11.6 Å². The predicted molar refractivity (Wildman–Crippen MR) is 89.5 cm³/mol. The molecule has 0 saturated carbocycles. The van der Waals surface area contributed by atoms with Crippen LogP contribution in [0.4, 0.5) is 0 Å². The van der Waals surface area contributed by atoms with Crippen LogP contribution in [0, 0.1) is 0 Å². The average Bonchev–Trinajstić information content (AvgIpc) is 2.52. The van der Waals surface area contributed by atoms with E-state index in [1.54, 1.807) is 6.07 Å². The quantitative estimate of drug-likeness (QED) is 0.784. The van der Waals surface area contributed by atoms with E-state index in [2.05, 4.69) is 17.3 Å². The van der Waals surface area contributed by atoms with Crippen molar-refractivity contribution in [2.75, 3.05) is 26.7 Å². The Bertz CT molecular complexity index is 481. The van der Waals surface area contributed by atoms with E-state index in [0.29, 0.717) is 36.4 Å². The summed E-state index contributed by atoms with van der Waals surface area (Å²) in [5.74, 6) is 0.754. The number of para-hydroxylation sites is 1. The minimum atomic E-state index is 0.0988. The van der Waals surface area contributed by atoms with Crippen LogP contribution in [0.3, 0.4) is 0 Å². The van der Waals surface area contributed by atoms with Crippen molar-refractivity contribution in [3.63, 3.8) is 0 Å². The van der Waals surface area contributed by atoms with E-state index in [9.17, 15) is 4.79 Å². The van der Waals surface area contributed by atoms with Gasteiger partial charge in [-0.3, -0.25) is 4.79 Å². The number of piperidine rings is 1. The molecular formula is C17H25ClN2O2. The van der Waals surface area contributed by atoms with Crippen molar-refractivity contribution in [3.8, 4) is 5.75 Å². The Morgan fingerprint density at radius 1 is 1.41 bits per heavy atom. The van der Waals surface area contributed by atoms with E-state index < -0.39 is 0 Å². The van der Waals surface area contributed by atoms with Gasteiger partial charge in [-0.1, -0.05) is 30.2 Å². The molecule has 1 amide bonds. The highest BCUT2D eigenvalue weighted by molar-refractivity contribution is 6.32. The maximum Gasteiger partial charge on any atom is 0.220 e. The zero-order valence-electron chi connectivity index (χ0n) is 13.2. The van der Waals surface area contributed by atoms with Gasteiger partial charge in [0.1, 0.15) is 12.4 Å². The second-order valence-electron chi connectivity index (χ2n) is 5.80. The van der Waals surface area contributed by atoms with E-state index in [1.165, 1.54) is 19.3 Å². The molecule has 1 aliphatic heterocycles. The first-order valence-electron chi connectivity index (χ1n) is 8.01. The summed E-state index contributed by atoms with van der Waals surface area (Å²) < 4.78 is 5.54. The lowest BCUT2D eigenvalue weighted by Crippen LogP contribution is -2.37. The molecule has 1 atom stereocenters. The summed E-state index contributed by atoms with van der Waals surface area (Å²) in [6.45, 7) is 2.08. The fourth-order valence-corrected chi connectivity index (χ4v) is 3.00. The Hall–Kier alpha value is -1.26. The molecule has 1 saturated heterocycles. The van der Waals surface area contributed by atoms with Gasteiger partial charge >= 0.3 is 0 Å². The van der Waals surface area contributed by atoms with Crippen molar-refractivity contribution in [1.29, 1.82) is 0 Å². The molecule has 5 heteroatoms. The topological polar surface area (TPSA) is 41.6 Å². The van der Waals surface area contributed by atoms with Crippen molar-refractivity contribution < 1.29 is 9.53 Å². The van der Waals surface area contributed by atoms with E-state index in [-0.39, 0.29) is 5.91 Å². The first-order valence-corrected chi connectivity index (χ1v) is 8.39. The largest absolute Gasteiger partial charge is 0.490 e. The third-order valence-corrected chi connectivity index (χ3v) is 4.46. The van der Waals surface area contributed by atoms with Gasteiger partial charge < -0.3 is 15.0 Å². The van der Waals surface area contributed by atoms with Crippen LogP contribution in [0.25, 0.3) is 0 Å². The van der Waals surface area contributed by atoms with Gasteiger partial charge in [0.15, 0.2) is 0 Å². The van der Waals surface area contributed by atoms with Crippen molar-refractivity contribution >= 4 is 17.5 Å². The molecule has 122 valence electrons. The number of benzene rings is 1. The van der Waals surface area contributed by atoms with Crippen LogP contribution in [0.5, 0.6) is 5.75 Å². The highest BCUT2D eigenvalue weighted by atomic mass is 35.5. The Morgan fingerprint density at radius 2 is 2.23 bits per heavy atom. The van der Waals surface area contributed by atoms with Crippen molar-refractivity contribution in [2.45, 2.75) is 38.1 Å². The Kier molecular flexibility index (Phi) is 7.00. The number of hydrogen-bond donors (Lipinski definition) is 1. The van der Waals surface area contributed by atoms with Crippen molar-refractivity contribution in [1.82, 2.24) is 10.2 Å². The summed E-state index contributed by atoms with van der Waals surface area (Å²) in [5, 5.41) is 3.49. The van der Waals surface area contributed by atoms with Crippen LogP contribution in [0.15, 0.2) is 24.3 Å². The lowest BCUT2D eigenvalue weighted by Gasteiger charge is -2.32. The number of nitrogens with one attached hydrogen (secondary N) is 1. The summed E-state index contributed by atoms with van der Waals surface area (Å²) in [6, 6.07) is 7.90. The SMILES string of the molecule is CN1CCCC[C@H]1CCC(=O)NCCOc1ccccc1Cl. The third kappa shape index (κ3) is 5.50. The third-order valence-electron chi connectivity index (χ3n) is 4.14. The molecule has 0 aromatic heterocycles. The van der Waals surface area contributed by atoms with Crippen LogP contribution >= 0.6 is 11.6 Å². The first-order chi connectivity index (χ1) is 10.7. The van der Waals surface area contributed by atoms with Gasteiger partial charge in [-0.15, -0.1) is 0 Å². The van der Waals surface area contributed by atoms with Crippen LogP contribution in [0.2, 0.25) is 5.02 Å². The number of amides is 1. The maximum absolute atomic E-state index is 11.9. The second-order valence-corrected chi connectivity index (χ2v) is 6.20. The number of carbonyl (C=O) groups excluding carboxylic acids is 1. The van der Waals surface area contributed by atoms with E-state index in [4.69, 9.17) is 16.3 Å². The van der Waals surface area contributed by atoms with E-state index in [1.807, 2.05) is 18.2 Å².